The quantitative estimate of drug-likeness (QED) is 0.832. The van der Waals surface area contributed by atoms with Crippen LogP contribution in [0.15, 0.2) is 18.2 Å². The normalized spacial score (nSPS) is 34.3. The lowest BCUT2D eigenvalue weighted by molar-refractivity contribution is 0.0179. The molecule has 2 fully saturated rings. The van der Waals surface area contributed by atoms with E-state index in [4.69, 9.17) is 4.74 Å². The predicted octanol–water partition coefficient (Wildman–Crippen LogP) is 4.02. The lowest BCUT2D eigenvalue weighted by atomic mass is 9.57. The zero-order valence-corrected chi connectivity index (χ0v) is 14.3. The molecule has 1 aliphatic heterocycles. The number of ether oxygens (including phenoxy) is 1. The maximum Gasteiger partial charge on any atom is 0.119 e. The summed E-state index contributed by atoms with van der Waals surface area (Å²) in [6, 6.07) is 7.56. The van der Waals surface area contributed by atoms with Gasteiger partial charge in [0.15, 0.2) is 0 Å². The number of fused-ring (bicyclic) bond motifs is 4. The zero-order chi connectivity index (χ0) is 15.3. The van der Waals surface area contributed by atoms with Crippen LogP contribution in [0.4, 0.5) is 0 Å². The minimum atomic E-state index is 0.368. The van der Waals surface area contributed by atoms with Crippen molar-refractivity contribution in [3.8, 4) is 5.75 Å². The Hall–Kier alpha value is -1.02. The van der Waals surface area contributed by atoms with E-state index in [2.05, 4.69) is 36.9 Å². The number of methoxy groups -OCH3 is 1. The van der Waals surface area contributed by atoms with E-state index in [0.717, 1.165) is 23.6 Å². The van der Waals surface area contributed by atoms with E-state index in [1.165, 1.54) is 45.2 Å². The number of nitrogens with zero attached hydrogens (tertiary/aromatic N) is 1. The summed E-state index contributed by atoms with van der Waals surface area (Å²) in [5.74, 6) is 2.78. The Morgan fingerprint density at radius 2 is 2.14 bits per heavy atom. The molecule has 2 nitrogen and oxygen atoms in total. The van der Waals surface area contributed by atoms with Gasteiger partial charge in [-0.1, -0.05) is 19.9 Å². The van der Waals surface area contributed by atoms with E-state index < -0.39 is 0 Å². The summed E-state index contributed by atoms with van der Waals surface area (Å²) in [4.78, 5) is 2.82. The van der Waals surface area contributed by atoms with Gasteiger partial charge in [0.25, 0.3) is 0 Å². The van der Waals surface area contributed by atoms with Crippen molar-refractivity contribution in [3.05, 3.63) is 29.3 Å². The highest BCUT2D eigenvalue weighted by Gasteiger charge is 2.50. The first-order chi connectivity index (χ1) is 10.7. The van der Waals surface area contributed by atoms with Crippen LogP contribution in [0, 0.1) is 11.8 Å². The monoisotopic (exact) mass is 299 g/mol. The molecule has 2 bridgehead atoms. The molecule has 0 amide bonds. The molecule has 3 unspecified atom stereocenters. The molecule has 4 rings (SSSR count). The summed E-state index contributed by atoms with van der Waals surface area (Å²) < 4.78 is 5.51. The van der Waals surface area contributed by atoms with Crippen molar-refractivity contribution in [2.24, 2.45) is 11.8 Å². The molecule has 0 N–H and O–H groups in total. The number of benzene rings is 1. The maximum atomic E-state index is 5.51. The molecule has 22 heavy (non-hydrogen) atoms. The third kappa shape index (κ3) is 2.11. The minimum absolute atomic E-state index is 0.368. The van der Waals surface area contributed by atoms with Crippen LogP contribution < -0.4 is 4.74 Å². The average Bonchev–Trinajstić information content (AvgIpc) is 3.35. The van der Waals surface area contributed by atoms with E-state index in [1.54, 1.807) is 18.2 Å². The van der Waals surface area contributed by atoms with Gasteiger partial charge in [-0.15, -0.1) is 0 Å². The third-order valence-corrected chi connectivity index (χ3v) is 6.87. The van der Waals surface area contributed by atoms with Crippen molar-refractivity contribution >= 4 is 0 Å². The van der Waals surface area contributed by atoms with Crippen molar-refractivity contribution < 1.29 is 4.74 Å². The lowest BCUT2D eigenvalue weighted by Crippen LogP contribution is -2.59. The van der Waals surface area contributed by atoms with E-state index in [0.29, 0.717) is 5.41 Å². The van der Waals surface area contributed by atoms with Gasteiger partial charge in [-0.3, -0.25) is 4.90 Å². The summed E-state index contributed by atoms with van der Waals surface area (Å²) in [6.07, 6.45) is 6.72. The molecule has 3 aliphatic rings. The van der Waals surface area contributed by atoms with Gasteiger partial charge in [0.1, 0.15) is 5.75 Å². The molecular weight excluding hydrogens is 270 g/mol. The number of hydrogen-bond donors (Lipinski definition) is 0. The Labute approximate surface area is 134 Å². The number of piperidine rings is 1. The topological polar surface area (TPSA) is 12.5 Å². The largest absolute Gasteiger partial charge is 0.497 e. The predicted molar refractivity (Wildman–Crippen MR) is 90.5 cm³/mol. The van der Waals surface area contributed by atoms with Crippen LogP contribution in [0.1, 0.15) is 50.7 Å². The van der Waals surface area contributed by atoms with Gasteiger partial charge in [0.05, 0.1) is 7.11 Å². The van der Waals surface area contributed by atoms with Crippen LogP contribution in [0.25, 0.3) is 0 Å². The summed E-state index contributed by atoms with van der Waals surface area (Å²) in [5.41, 5.74) is 3.53. The van der Waals surface area contributed by atoms with Gasteiger partial charge in [-0.25, -0.2) is 0 Å². The number of rotatable bonds is 4. The van der Waals surface area contributed by atoms with Crippen LogP contribution in [0.2, 0.25) is 0 Å². The number of likely N-dealkylation sites (tertiary alicyclic amines) is 1. The first-order valence-corrected chi connectivity index (χ1v) is 9.09. The standard InChI is InChI=1S/C20H29NO/c1-4-20-9-10-21(13-15-5-6-15)19(14(20)2)11-16-7-8-17(22-3)12-18(16)20/h7-8,12,14-15,19H,4-6,9-11,13H2,1-3H3. The van der Waals surface area contributed by atoms with E-state index in [1.807, 2.05) is 0 Å². The molecular formula is C20H29NO. The van der Waals surface area contributed by atoms with Gasteiger partial charge in [-0.05, 0) is 73.7 Å². The minimum Gasteiger partial charge on any atom is -0.497 e. The van der Waals surface area contributed by atoms with Crippen LogP contribution in [-0.2, 0) is 11.8 Å². The molecule has 0 aromatic heterocycles. The highest BCUT2D eigenvalue weighted by Crippen LogP contribution is 2.52. The van der Waals surface area contributed by atoms with Crippen molar-refractivity contribution in [1.82, 2.24) is 4.90 Å². The molecule has 1 heterocycles. The van der Waals surface area contributed by atoms with E-state index >= 15 is 0 Å². The summed E-state index contributed by atoms with van der Waals surface area (Å²) >= 11 is 0. The first kappa shape index (κ1) is 14.6. The van der Waals surface area contributed by atoms with Crippen LogP contribution in [-0.4, -0.2) is 31.1 Å². The Bertz CT molecular complexity index is 565. The van der Waals surface area contributed by atoms with Crippen LogP contribution in [0.3, 0.4) is 0 Å². The van der Waals surface area contributed by atoms with Gasteiger partial charge in [-0.2, -0.15) is 0 Å². The fourth-order valence-corrected chi connectivity index (χ4v) is 5.20. The Balaban J connectivity index is 1.73. The average molecular weight is 299 g/mol. The summed E-state index contributed by atoms with van der Waals surface area (Å²) in [5, 5.41) is 0. The third-order valence-electron chi connectivity index (χ3n) is 6.87. The fourth-order valence-electron chi connectivity index (χ4n) is 5.20. The molecule has 1 saturated carbocycles. The smallest absolute Gasteiger partial charge is 0.119 e. The molecule has 1 aromatic carbocycles. The SMILES string of the molecule is CCC12CCN(CC3CC3)C(Cc3ccc(OC)cc31)C2C. The second-order valence-electron chi connectivity index (χ2n) is 7.78. The van der Waals surface area contributed by atoms with Crippen LogP contribution in [0.5, 0.6) is 5.75 Å². The van der Waals surface area contributed by atoms with Crippen molar-refractivity contribution in [2.45, 2.75) is 57.4 Å². The Kier molecular flexibility index (Phi) is 3.48. The second-order valence-corrected chi connectivity index (χ2v) is 7.78. The van der Waals surface area contributed by atoms with E-state index in [9.17, 15) is 0 Å². The molecule has 0 spiro atoms. The maximum absolute atomic E-state index is 5.51. The number of hydrogen-bond acceptors (Lipinski definition) is 2. The van der Waals surface area contributed by atoms with Gasteiger partial charge in [0, 0.05) is 18.0 Å². The van der Waals surface area contributed by atoms with E-state index in [-0.39, 0.29) is 0 Å². The molecule has 3 atom stereocenters. The molecule has 0 radical (unpaired) electrons. The Morgan fingerprint density at radius 3 is 2.82 bits per heavy atom. The summed E-state index contributed by atoms with van der Waals surface area (Å²) in [6.45, 7) is 7.53. The van der Waals surface area contributed by atoms with Crippen molar-refractivity contribution in [3.63, 3.8) is 0 Å². The molecule has 2 aliphatic carbocycles. The lowest BCUT2D eigenvalue weighted by Gasteiger charge is -2.56. The molecule has 2 heteroatoms. The van der Waals surface area contributed by atoms with Crippen molar-refractivity contribution in [2.75, 3.05) is 20.2 Å². The molecule has 120 valence electrons. The molecule has 1 aromatic rings. The highest BCUT2D eigenvalue weighted by molar-refractivity contribution is 5.45. The first-order valence-electron chi connectivity index (χ1n) is 9.09. The van der Waals surface area contributed by atoms with Gasteiger partial charge < -0.3 is 4.74 Å². The highest BCUT2D eigenvalue weighted by atomic mass is 16.5. The van der Waals surface area contributed by atoms with Gasteiger partial charge >= 0.3 is 0 Å². The van der Waals surface area contributed by atoms with Crippen molar-refractivity contribution in [1.29, 1.82) is 0 Å². The van der Waals surface area contributed by atoms with Crippen LogP contribution >= 0.6 is 0 Å². The van der Waals surface area contributed by atoms with Gasteiger partial charge in [0.2, 0.25) is 0 Å². The summed E-state index contributed by atoms with van der Waals surface area (Å²) in [7, 11) is 1.79. The second kappa shape index (κ2) is 5.26. The Morgan fingerprint density at radius 1 is 1.32 bits per heavy atom. The fraction of sp³-hybridized carbons (Fsp3) is 0.700. The molecule has 1 saturated heterocycles. The zero-order valence-electron chi connectivity index (χ0n) is 14.3.